The maximum absolute atomic E-state index is 12.6. The van der Waals surface area contributed by atoms with Crippen molar-refractivity contribution < 1.29 is 38.3 Å². The lowest BCUT2D eigenvalue weighted by atomic mass is 9.95. The zero-order chi connectivity index (χ0) is 31.0. The zero-order valence-corrected chi connectivity index (χ0v) is 25.1. The van der Waals surface area contributed by atoms with Crippen LogP contribution in [0.3, 0.4) is 0 Å². The Kier molecular flexibility index (Phi) is 10.8. The van der Waals surface area contributed by atoms with Crippen LogP contribution in [0.25, 0.3) is 0 Å². The summed E-state index contributed by atoms with van der Waals surface area (Å²) in [5, 5.41) is 20.6. The number of nitro groups is 1. The molecule has 0 bridgehead atoms. The van der Waals surface area contributed by atoms with Gasteiger partial charge in [0.25, 0.3) is 5.91 Å². The second-order valence-electron chi connectivity index (χ2n) is 9.06. The van der Waals surface area contributed by atoms with Crippen molar-refractivity contribution in [2.75, 3.05) is 20.3 Å². The van der Waals surface area contributed by atoms with Crippen LogP contribution in [0, 0.1) is 10.1 Å². The summed E-state index contributed by atoms with van der Waals surface area (Å²) in [6.45, 7) is 6.51. The number of esters is 1. The number of amides is 3. The van der Waals surface area contributed by atoms with Gasteiger partial charge in [-0.2, -0.15) is 5.10 Å². The summed E-state index contributed by atoms with van der Waals surface area (Å²) in [4.78, 5) is 48.0. The van der Waals surface area contributed by atoms with E-state index < -0.39 is 35.5 Å². The van der Waals surface area contributed by atoms with Crippen molar-refractivity contribution >= 4 is 45.7 Å². The SMILES string of the molecule is CCOC(=O)C1=C(C)NC(=O)N[C@@H]1c1ccc(OCC(=O)N/N=C/c2cc(Br)c(OC(C)C)c([N+](=O)[O-])c2)c(OC)c1. The molecular formula is C27H30BrN5O9. The number of methoxy groups -OCH3 is 1. The van der Waals surface area contributed by atoms with Gasteiger partial charge in [0, 0.05) is 17.3 Å². The van der Waals surface area contributed by atoms with Crippen molar-refractivity contribution in [2.45, 2.75) is 39.8 Å². The average Bonchev–Trinajstić information content (AvgIpc) is 2.92. The van der Waals surface area contributed by atoms with Crippen LogP contribution >= 0.6 is 15.9 Å². The molecule has 1 aliphatic rings. The summed E-state index contributed by atoms with van der Waals surface area (Å²) in [5.74, 6) is -0.627. The van der Waals surface area contributed by atoms with E-state index in [1.807, 2.05) is 0 Å². The molecule has 1 aliphatic heterocycles. The fourth-order valence-electron chi connectivity index (χ4n) is 3.92. The summed E-state index contributed by atoms with van der Waals surface area (Å²) in [7, 11) is 1.40. The molecule has 15 heteroatoms. The van der Waals surface area contributed by atoms with Crippen LogP contribution in [0.4, 0.5) is 10.5 Å². The number of nitrogens with zero attached hydrogens (tertiary/aromatic N) is 2. The normalized spacial score (nSPS) is 14.7. The highest BCUT2D eigenvalue weighted by molar-refractivity contribution is 9.10. The van der Waals surface area contributed by atoms with Crippen LogP contribution < -0.4 is 30.3 Å². The third kappa shape index (κ3) is 7.96. The van der Waals surface area contributed by atoms with Gasteiger partial charge in [0.1, 0.15) is 0 Å². The van der Waals surface area contributed by atoms with Crippen LogP contribution in [0.2, 0.25) is 0 Å². The first-order valence-electron chi connectivity index (χ1n) is 12.7. The van der Waals surface area contributed by atoms with E-state index in [4.69, 9.17) is 18.9 Å². The molecule has 14 nitrogen and oxygen atoms in total. The summed E-state index contributed by atoms with van der Waals surface area (Å²) in [6.07, 6.45) is 0.968. The Labute approximate surface area is 249 Å². The number of urea groups is 1. The van der Waals surface area contributed by atoms with E-state index in [2.05, 4.69) is 37.1 Å². The van der Waals surface area contributed by atoms with Gasteiger partial charge < -0.3 is 29.6 Å². The summed E-state index contributed by atoms with van der Waals surface area (Å²) < 4.78 is 22.0. The van der Waals surface area contributed by atoms with Gasteiger partial charge >= 0.3 is 17.7 Å². The first-order valence-corrected chi connectivity index (χ1v) is 13.5. The largest absolute Gasteiger partial charge is 0.493 e. The molecule has 2 aromatic carbocycles. The third-order valence-corrected chi connectivity index (χ3v) is 6.23. The number of nitro benzene ring substituents is 1. The first-order chi connectivity index (χ1) is 19.9. The maximum atomic E-state index is 12.6. The molecule has 0 unspecified atom stereocenters. The Morgan fingerprint density at radius 1 is 1.24 bits per heavy atom. The molecule has 0 saturated carbocycles. The fourth-order valence-corrected chi connectivity index (χ4v) is 4.48. The van der Waals surface area contributed by atoms with Crippen LogP contribution in [0.5, 0.6) is 17.2 Å². The smallest absolute Gasteiger partial charge is 0.338 e. The molecule has 1 heterocycles. The molecule has 224 valence electrons. The second kappa shape index (κ2) is 14.3. The van der Waals surface area contributed by atoms with Crippen LogP contribution in [0.15, 0.2) is 51.2 Å². The van der Waals surface area contributed by atoms with Crippen molar-refractivity contribution in [3.05, 3.63) is 67.3 Å². The number of hydrazone groups is 1. The Balaban J connectivity index is 1.69. The molecule has 0 radical (unpaired) electrons. The van der Waals surface area contributed by atoms with Gasteiger partial charge in [-0.1, -0.05) is 6.07 Å². The van der Waals surface area contributed by atoms with Gasteiger partial charge in [0.2, 0.25) is 5.75 Å². The van der Waals surface area contributed by atoms with Crippen molar-refractivity contribution in [2.24, 2.45) is 5.10 Å². The molecule has 3 amide bonds. The molecule has 0 saturated heterocycles. The second-order valence-corrected chi connectivity index (χ2v) is 9.91. The number of carbonyl (C=O) groups is 3. The lowest BCUT2D eigenvalue weighted by Gasteiger charge is -2.28. The van der Waals surface area contributed by atoms with E-state index in [1.165, 1.54) is 25.5 Å². The molecule has 0 fully saturated rings. The van der Waals surface area contributed by atoms with Crippen LogP contribution in [-0.2, 0) is 14.3 Å². The minimum Gasteiger partial charge on any atom is -0.493 e. The van der Waals surface area contributed by atoms with E-state index in [0.717, 1.165) is 0 Å². The quantitative estimate of drug-likeness (QED) is 0.133. The molecule has 0 spiro atoms. The number of carbonyl (C=O) groups excluding carboxylic acids is 3. The number of halogens is 1. The lowest BCUT2D eigenvalue weighted by molar-refractivity contribution is -0.386. The van der Waals surface area contributed by atoms with Gasteiger partial charge in [-0.15, -0.1) is 0 Å². The molecule has 2 aromatic rings. The predicted molar refractivity (Wildman–Crippen MR) is 155 cm³/mol. The number of allylic oxidation sites excluding steroid dienone is 1. The van der Waals surface area contributed by atoms with Crippen molar-refractivity contribution in [1.82, 2.24) is 16.1 Å². The monoisotopic (exact) mass is 647 g/mol. The molecule has 3 N–H and O–H groups in total. The minimum atomic E-state index is -0.805. The van der Waals surface area contributed by atoms with E-state index in [0.29, 0.717) is 21.3 Å². The number of benzene rings is 2. The van der Waals surface area contributed by atoms with Gasteiger partial charge in [0.15, 0.2) is 18.1 Å². The van der Waals surface area contributed by atoms with E-state index in [9.17, 15) is 24.5 Å². The Hall–Kier alpha value is -4.66. The van der Waals surface area contributed by atoms with Gasteiger partial charge in [-0.25, -0.2) is 15.0 Å². The molecule has 3 rings (SSSR count). The number of hydrogen-bond donors (Lipinski definition) is 3. The molecule has 0 aromatic heterocycles. The van der Waals surface area contributed by atoms with E-state index in [-0.39, 0.29) is 41.2 Å². The van der Waals surface area contributed by atoms with Crippen LogP contribution in [0.1, 0.15) is 44.9 Å². The van der Waals surface area contributed by atoms with Crippen molar-refractivity contribution in [1.29, 1.82) is 0 Å². The fraction of sp³-hybridized carbons (Fsp3) is 0.333. The van der Waals surface area contributed by atoms with Crippen molar-refractivity contribution in [3.63, 3.8) is 0 Å². The molecule has 0 aliphatic carbocycles. The highest BCUT2D eigenvalue weighted by Crippen LogP contribution is 2.37. The number of nitrogens with one attached hydrogen (secondary N) is 3. The summed E-state index contributed by atoms with van der Waals surface area (Å²) >= 11 is 3.27. The number of rotatable bonds is 12. The van der Waals surface area contributed by atoms with Crippen molar-refractivity contribution in [3.8, 4) is 17.2 Å². The Bertz CT molecular complexity index is 1440. The molecule has 42 heavy (non-hydrogen) atoms. The van der Waals surface area contributed by atoms with E-state index >= 15 is 0 Å². The average molecular weight is 648 g/mol. The highest BCUT2D eigenvalue weighted by atomic mass is 79.9. The highest BCUT2D eigenvalue weighted by Gasteiger charge is 2.32. The molecule has 1 atom stereocenters. The van der Waals surface area contributed by atoms with E-state index in [1.54, 1.807) is 45.9 Å². The van der Waals surface area contributed by atoms with Crippen LogP contribution in [-0.4, -0.2) is 55.5 Å². The van der Waals surface area contributed by atoms with Gasteiger partial charge in [-0.05, 0) is 67.4 Å². The topological polar surface area (TPSA) is 180 Å². The summed E-state index contributed by atoms with van der Waals surface area (Å²) in [5.41, 5.74) is 3.51. The Morgan fingerprint density at radius 3 is 2.62 bits per heavy atom. The zero-order valence-electron chi connectivity index (χ0n) is 23.5. The standard InChI is InChI=1S/C27H30BrN5O9/c1-6-40-26(35)23-15(4)30-27(36)31-24(23)17-7-8-20(21(11-17)39-5)41-13-22(34)32-29-12-16-9-18(28)25(42-14(2)3)19(10-16)33(37)38/h7-12,14,24H,6,13H2,1-5H3,(H,32,34)(H2,30,31,36)/b29-12+/t24-/m1/s1. The Morgan fingerprint density at radius 2 is 1.98 bits per heavy atom. The van der Waals surface area contributed by atoms with Gasteiger partial charge in [-0.3, -0.25) is 14.9 Å². The summed E-state index contributed by atoms with van der Waals surface area (Å²) in [6, 6.07) is 6.28. The number of ether oxygens (including phenoxy) is 4. The lowest BCUT2D eigenvalue weighted by Crippen LogP contribution is -2.45. The third-order valence-electron chi connectivity index (χ3n) is 5.64. The first kappa shape index (κ1) is 31.9. The predicted octanol–water partition coefficient (Wildman–Crippen LogP) is 3.87. The maximum Gasteiger partial charge on any atom is 0.338 e. The molecular weight excluding hydrogens is 618 g/mol. The number of hydrogen-bond acceptors (Lipinski definition) is 10. The van der Waals surface area contributed by atoms with Gasteiger partial charge in [0.05, 0.1) is 47.0 Å². The minimum absolute atomic E-state index is 0.0929.